The first-order chi connectivity index (χ1) is 6.29. The summed E-state index contributed by atoms with van der Waals surface area (Å²) in [6.07, 6.45) is 3.36. The summed E-state index contributed by atoms with van der Waals surface area (Å²) in [5.74, 6) is -0.0123. The van der Waals surface area contributed by atoms with Gasteiger partial charge in [-0.3, -0.25) is 9.78 Å². The molecule has 1 aromatic rings. The van der Waals surface area contributed by atoms with Crippen molar-refractivity contribution in [1.29, 1.82) is 0 Å². The number of rotatable bonds is 0. The maximum Gasteiger partial charge on any atom is 0.253 e. The van der Waals surface area contributed by atoms with Crippen molar-refractivity contribution in [3.05, 3.63) is 24.0 Å². The second-order valence-electron chi connectivity index (χ2n) is 3.07. The second kappa shape index (κ2) is 3.05. The fourth-order valence-electron chi connectivity index (χ4n) is 1.44. The smallest absolute Gasteiger partial charge is 0.253 e. The van der Waals surface area contributed by atoms with Crippen molar-refractivity contribution in [1.82, 2.24) is 10.3 Å². The molecule has 1 N–H and O–H groups in total. The summed E-state index contributed by atoms with van der Waals surface area (Å²) in [5.41, 5.74) is 1.60. The van der Waals surface area contributed by atoms with E-state index in [-0.39, 0.29) is 5.91 Å². The Hall–Kier alpha value is -1.58. The Bertz CT molecular complexity index is 337. The number of carbonyl (C=O) groups excluding carboxylic acids is 1. The fourth-order valence-corrected chi connectivity index (χ4v) is 1.44. The van der Waals surface area contributed by atoms with E-state index in [4.69, 9.17) is 0 Å². The Balaban J connectivity index is 2.51. The first-order valence-corrected chi connectivity index (χ1v) is 4.22. The van der Waals surface area contributed by atoms with Gasteiger partial charge in [-0.05, 0) is 6.07 Å². The SMILES string of the molecule is CN1CCNC(=O)c2ccncc21. The van der Waals surface area contributed by atoms with Gasteiger partial charge < -0.3 is 10.2 Å². The van der Waals surface area contributed by atoms with Crippen LogP contribution in [0, 0.1) is 0 Å². The van der Waals surface area contributed by atoms with Crippen molar-refractivity contribution in [3.63, 3.8) is 0 Å². The minimum absolute atomic E-state index is 0.0123. The predicted octanol–water partition coefficient (Wildman–Crippen LogP) is 0.261. The van der Waals surface area contributed by atoms with Crippen LogP contribution in [-0.2, 0) is 0 Å². The zero-order valence-corrected chi connectivity index (χ0v) is 7.45. The number of likely N-dealkylation sites (N-methyl/N-ethyl adjacent to an activating group) is 1. The molecule has 2 rings (SSSR count). The van der Waals surface area contributed by atoms with E-state index >= 15 is 0 Å². The Morgan fingerprint density at radius 3 is 3.31 bits per heavy atom. The number of hydrogen-bond donors (Lipinski definition) is 1. The first kappa shape index (κ1) is 8.04. The molecule has 68 valence electrons. The topological polar surface area (TPSA) is 45.2 Å². The van der Waals surface area contributed by atoms with Gasteiger partial charge in [0.2, 0.25) is 0 Å². The highest BCUT2D eigenvalue weighted by atomic mass is 16.1. The Kier molecular flexibility index (Phi) is 1.88. The molecule has 2 heterocycles. The summed E-state index contributed by atoms with van der Waals surface area (Å²) in [4.78, 5) is 17.5. The number of nitrogens with one attached hydrogen (secondary N) is 1. The zero-order valence-electron chi connectivity index (χ0n) is 7.45. The molecule has 0 saturated heterocycles. The van der Waals surface area contributed by atoms with Crippen LogP contribution in [0.1, 0.15) is 10.4 Å². The highest BCUT2D eigenvalue weighted by molar-refractivity contribution is 6.00. The lowest BCUT2D eigenvalue weighted by molar-refractivity contribution is 0.0958. The lowest BCUT2D eigenvalue weighted by Crippen LogP contribution is -2.27. The van der Waals surface area contributed by atoms with Crippen molar-refractivity contribution in [3.8, 4) is 0 Å². The van der Waals surface area contributed by atoms with Crippen molar-refractivity contribution >= 4 is 11.6 Å². The number of hydrogen-bond acceptors (Lipinski definition) is 3. The van der Waals surface area contributed by atoms with Crippen LogP contribution in [0.2, 0.25) is 0 Å². The van der Waals surface area contributed by atoms with Crippen LogP contribution in [0.4, 0.5) is 5.69 Å². The van der Waals surface area contributed by atoms with Gasteiger partial charge in [0.15, 0.2) is 0 Å². The van der Waals surface area contributed by atoms with Gasteiger partial charge in [-0.2, -0.15) is 0 Å². The lowest BCUT2D eigenvalue weighted by Gasteiger charge is -2.16. The van der Waals surface area contributed by atoms with Gasteiger partial charge >= 0.3 is 0 Å². The molecule has 0 aromatic carbocycles. The van der Waals surface area contributed by atoms with E-state index in [1.807, 2.05) is 11.9 Å². The number of nitrogens with zero attached hydrogens (tertiary/aromatic N) is 2. The van der Waals surface area contributed by atoms with E-state index in [1.54, 1.807) is 18.5 Å². The molecule has 0 radical (unpaired) electrons. The van der Waals surface area contributed by atoms with E-state index in [1.165, 1.54) is 0 Å². The predicted molar refractivity (Wildman–Crippen MR) is 49.8 cm³/mol. The summed E-state index contributed by atoms with van der Waals surface area (Å²) >= 11 is 0. The molecule has 0 unspecified atom stereocenters. The molecular weight excluding hydrogens is 166 g/mol. The number of carbonyl (C=O) groups is 1. The van der Waals surface area contributed by atoms with E-state index in [0.29, 0.717) is 12.1 Å². The minimum Gasteiger partial charge on any atom is -0.371 e. The molecule has 1 aliphatic rings. The van der Waals surface area contributed by atoms with Crippen LogP contribution in [0.5, 0.6) is 0 Å². The maximum atomic E-state index is 11.5. The molecule has 4 heteroatoms. The molecule has 1 aromatic heterocycles. The van der Waals surface area contributed by atoms with Crippen LogP contribution in [-0.4, -0.2) is 31.0 Å². The van der Waals surface area contributed by atoms with Crippen LogP contribution < -0.4 is 10.2 Å². The van der Waals surface area contributed by atoms with Crippen molar-refractivity contribution in [2.45, 2.75) is 0 Å². The summed E-state index contributed by atoms with van der Waals surface area (Å²) < 4.78 is 0. The second-order valence-corrected chi connectivity index (χ2v) is 3.07. The number of aromatic nitrogens is 1. The van der Waals surface area contributed by atoms with E-state index in [9.17, 15) is 4.79 Å². The van der Waals surface area contributed by atoms with E-state index in [2.05, 4.69) is 10.3 Å². The number of fused-ring (bicyclic) bond motifs is 1. The monoisotopic (exact) mass is 177 g/mol. The van der Waals surface area contributed by atoms with Crippen LogP contribution >= 0.6 is 0 Å². The van der Waals surface area contributed by atoms with Crippen LogP contribution in [0.15, 0.2) is 18.5 Å². The molecule has 0 fully saturated rings. The third kappa shape index (κ3) is 1.35. The third-order valence-electron chi connectivity index (χ3n) is 2.19. The number of anilines is 1. The molecule has 0 saturated carbocycles. The van der Waals surface area contributed by atoms with Crippen molar-refractivity contribution in [2.24, 2.45) is 0 Å². The molecular formula is C9H11N3O. The van der Waals surface area contributed by atoms with Gasteiger partial charge in [0.1, 0.15) is 0 Å². The average Bonchev–Trinajstić information content (AvgIpc) is 2.29. The quantitative estimate of drug-likeness (QED) is 0.618. The minimum atomic E-state index is -0.0123. The molecule has 0 bridgehead atoms. The normalized spacial score (nSPS) is 16.1. The highest BCUT2D eigenvalue weighted by Crippen LogP contribution is 2.18. The molecule has 0 atom stereocenters. The number of pyridine rings is 1. The molecule has 1 aliphatic heterocycles. The highest BCUT2D eigenvalue weighted by Gasteiger charge is 2.17. The van der Waals surface area contributed by atoms with Crippen molar-refractivity contribution in [2.75, 3.05) is 25.0 Å². The van der Waals surface area contributed by atoms with Crippen LogP contribution in [0.3, 0.4) is 0 Å². The van der Waals surface area contributed by atoms with Gasteiger partial charge in [-0.15, -0.1) is 0 Å². The van der Waals surface area contributed by atoms with Gasteiger partial charge in [0.25, 0.3) is 5.91 Å². The van der Waals surface area contributed by atoms with E-state index < -0.39 is 0 Å². The fraction of sp³-hybridized carbons (Fsp3) is 0.333. The Labute approximate surface area is 76.6 Å². The summed E-state index contributed by atoms with van der Waals surface area (Å²) in [6, 6.07) is 1.74. The molecule has 4 nitrogen and oxygen atoms in total. The first-order valence-electron chi connectivity index (χ1n) is 4.22. The summed E-state index contributed by atoms with van der Waals surface area (Å²) in [5, 5.41) is 2.82. The standard InChI is InChI=1S/C9H11N3O/c1-12-5-4-11-9(13)7-2-3-10-6-8(7)12/h2-3,6H,4-5H2,1H3,(H,11,13). The third-order valence-corrected chi connectivity index (χ3v) is 2.19. The lowest BCUT2D eigenvalue weighted by atomic mass is 10.2. The van der Waals surface area contributed by atoms with E-state index in [0.717, 1.165) is 12.2 Å². The molecule has 0 spiro atoms. The Morgan fingerprint density at radius 2 is 2.46 bits per heavy atom. The Morgan fingerprint density at radius 1 is 1.62 bits per heavy atom. The average molecular weight is 177 g/mol. The van der Waals surface area contributed by atoms with Crippen LogP contribution in [0.25, 0.3) is 0 Å². The molecule has 13 heavy (non-hydrogen) atoms. The molecule has 1 amide bonds. The van der Waals surface area contributed by atoms with Gasteiger partial charge in [0, 0.05) is 26.3 Å². The zero-order chi connectivity index (χ0) is 9.26. The summed E-state index contributed by atoms with van der Waals surface area (Å²) in [6.45, 7) is 1.51. The molecule has 0 aliphatic carbocycles. The summed E-state index contributed by atoms with van der Waals surface area (Å²) in [7, 11) is 1.96. The van der Waals surface area contributed by atoms with Gasteiger partial charge in [0.05, 0.1) is 17.4 Å². The maximum absolute atomic E-state index is 11.5. The van der Waals surface area contributed by atoms with Gasteiger partial charge in [-0.25, -0.2) is 0 Å². The van der Waals surface area contributed by atoms with Crippen molar-refractivity contribution < 1.29 is 4.79 Å². The van der Waals surface area contributed by atoms with Gasteiger partial charge in [-0.1, -0.05) is 0 Å². The largest absolute Gasteiger partial charge is 0.371 e. The number of amides is 1.